The van der Waals surface area contributed by atoms with Crippen molar-refractivity contribution >= 4 is 56.7 Å². The number of fused-ring (bicyclic) bond motifs is 17. The molecule has 353 valence electrons. The molecule has 5 heterocycles. The summed E-state index contributed by atoms with van der Waals surface area (Å²) in [4.78, 5) is 42.7. The maximum atomic E-state index is 9.74. The number of benzene rings is 3. The first-order valence-corrected chi connectivity index (χ1v) is 24.3. The van der Waals surface area contributed by atoms with Crippen LogP contribution in [-0.2, 0) is 36.9 Å². The zero-order valence-electron chi connectivity index (χ0n) is 39.4. The van der Waals surface area contributed by atoms with Crippen molar-refractivity contribution in [2.24, 2.45) is 63.9 Å². The van der Waals surface area contributed by atoms with Crippen molar-refractivity contribution in [2.75, 3.05) is 19.6 Å². The van der Waals surface area contributed by atoms with E-state index in [-0.39, 0.29) is 23.0 Å². The number of nitrogens with zero attached hydrogens (tertiary/aromatic N) is 10. The fourth-order valence-electron chi connectivity index (χ4n) is 8.15. The molecule has 0 fully saturated rings. The van der Waals surface area contributed by atoms with Crippen LogP contribution in [0.1, 0.15) is 95.2 Å². The van der Waals surface area contributed by atoms with Gasteiger partial charge in [-0.3, -0.25) is 4.99 Å². The number of rotatable bonds is 12. The van der Waals surface area contributed by atoms with Crippen molar-refractivity contribution in [3.05, 3.63) is 139 Å². The Hall–Kier alpha value is -5.13. The first kappa shape index (κ1) is 49.8. The number of aliphatic imine (C=N–C) groups is 4. The SMILES string of the molecule is CC(C)CN=S(=O)=O.Cc1ccc2c(c1)C1=NC2=NC2[N-]C(=C3C=CC(CC(C)C)=CC32)N=C2N=C(N=c3[n-]c(c4ccc(C)cc34)=N1)c1ccc(SOON(CC(C)C)CC(C)C)cc12.[Cu+2]. The summed E-state index contributed by atoms with van der Waals surface area (Å²) in [6, 6.07) is 18.5. The van der Waals surface area contributed by atoms with Crippen LogP contribution in [0.3, 0.4) is 0 Å². The first-order valence-electron chi connectivity index (χ1n) is 22.6. The van der Waals surface area contributed by atoms with Gasteiger partial charge in [-0.2, -0.15) is 17.8 Å². The van der Waals surface area contributed by atoms with Crippen LogP contribution in [0.2, 0.25) is 0 Å². The Morgan fingerprint density at radius 3 is 2.01 bits per heavy atom. The Morgan fingerprint density at radius 1 is 0.701 bits per heavy atom. The second-order valence-corrected chi connectivity index (χ2v) is 20.3. The standard InChI is InChI=1S/C46H47N9O2S.C4H9NO2S.Cu/c1-24(2)17-29-11-15-33-37(20-29)45-51-40-32-14-10-28(8)19-36(32)43(49-40)47-39-31-13-9-27(7)18-35(31)44(48-39)50-42-34-16-12-30(21-38(34)46(54-42)53-41(33)52-45)58-57-56-55(22-25(3)4)23-26(5)6;1-4(2)3-5-8(6)7;/h9-16,18-21,24-26,37,45H,17,22-23H2,1-8H3;4H,3H2,1-2H3;/q-2;;+2. The Balaban J connectivity index is 0.000000680. The summed E-state index contributed by atoms with van der Waals surface area (Å²) in [6.45, 7) is 23.0. The van der Waals surface area contributed by atoms with Crippen LogP contribution in [0, 0.1) is 43.4 Å². The predicted molar refractivity (Wildman–Crippen MR) is 263 cm³/mol. The molecule has 0 saturated heterocycles. The summed E-state index contributed by atoms with van der Waals surface area (Å²) in [5, 5.41) is 8.87. The van der Waals surface area contributed by atoms with Crippen molar-refractivity contribution in [2.45, 2.75) is 86.7 Å². The summed E-state index contributed by atoms with van der Waals surface area (Å²) >= 11 is 1.16. The van der Waals surface area contributed by atoms with Gasteiger partial charge in [-0.05, 0) is 78.5 Å². The van der Waals surface area contributed by atoms with Crippen LogP contribution in [0.4, 0.5) is 0 Å². The molecule has 4 aliphatic heterocycles. The molecule has 8 bridgehead atoms. The molecule has 0 spiro atoms. The summed E-state index contributed by atoms with van der Waals surface area (Å²) in [7, 11) is -2.21. The van der Waals surface area contributed by atoms with Gasteiger partial charge in [-0.1, -0.05) is 133 Å². The Kier molecular flexibility index (Phi) is 15.9. The van der Waals surface area contributed by atoms with E-state index in [2.05, 4.69) is 114 Å². The molecule has 0 saturated carbocycles. The number of aryl methyl sites for hydroxylation is 2. The van der Waals surface area contributed by atoms with E-state index in [1.54, 1.807) is 0 Å². The van der Waals surface area contributed by atoms with Gasteiger partial charge in [-0.15, -0.1) is 9.32 Å². The van der Waals surface area contributed by atoms with Crippen molar-refractivity contribution in [3.8, 4) is 0 Å². The number of hydrogen-bond acceptors (Lipinski definition) is 13. The molecular weight excluding hydrogens is 932 g/mol. The van der Waals surface area contributed by atoms with Crippen LogP contribution in [0.25, 0.3) is 16.1 Å². The number of hydrogen-bond donors (Lipinski definition) is 0. The summed E-state index contributed by atoms with van der Waals surface area (Å²) in [5.74, 6) is 4.35. The van der Waals surface area contributed by atoms with E-state index in [1.165, 1.54) is 5.57 Å². The topological polar surface area (TPSA) is 171 Å². The van der Waals surface area contributed by atoms with E-state index in [1.807, 2.05) is 37.1 Å². The third-order valence-electron chi connectivity index (χ3n) is 11.0. The fraction of sp³-hybridized carbons (Fsp3) is 0.400. The quantitative estimate of drug-likeness (QED) is 0.0589. The number of aromatic nitrogens is 1. The van der Waals surface area contributed by atoms with E-state index in [0.717, 1.165) is 86.2 Å². The summed E-state index contributed by atoms with van der Waals surface area (Å²) < 4.78 is 28.5. The fourth-order valence-corrected chi connectivity index (χ4v) is 9.05. The molecular formula is C50H56CuN10O4S2. The van der Waals surface area contributed by atoms with Crippen LogP contribution in [0.5, 0.6) is 0 Å². The van der Waals surface area contributed by atoms with Gasteiger partial charge in [-0.25, -0.2) is 9.98 Å². The molecule has 9 rings (SSSR count). The Morgan fingerprint density at radius 2 is 1.33 bits per heavy atom. The Bertz CT molecular complexity index is 3050. The van der Waals surface area contributed by atoms with Gasteiger partial charge in [0.1, 0.15) is 0 Å². The molecule has 67 heavy (non-hydrogen) atoms. The molecule has 2 atom stereocenters. The zero-order chi connectivity index (χ0) is 46.8. The van der Waals surface area contributed by atoms with Crippen molar-refractivity contribution < 1.29 is 34.8 Å². The van der Waals surface area contributed by atoms with Crippen LogP contribution in [-0.4, -0.2) is 62.6 Å². The van der Waals surface area contributed by atoms with Crippen molar-refractivity contribution in [3.63, 3.8) is 0 Å². The maximum absolute atomic E-state index is 9.74. The number of allylic oxidation sites excluding steroid dienone is 3. The minimum atomic E-state index is -2.21. The van der Waals surface area contributed by atoms with Gasteiger partial charge >= 0.3 is 27.6 Å². The van der Waals surface area contributed by atoms with Crippen LogP contribution >= 0.6 is 12.0 Å². The summed E-state index contributed by atoms with van der Waals surface area (Å²) in [5.41, 5.74) is 9.03. The molecule has 4 aromatic rings. The maximum Gasteiger partial charge on any atom is 2.00 e. The van der Waals surface area contributed by atoms with Crippen molar-refractivity contribution in [1.82, 2.24) is 10.0 Å². The van der Waals surface area contributed by atoms with E-state index in [4.69, 9.17) is 49.6 Å². The third-order valence-corrected chi connectivity index (χ3v) is 11.9. The average Bonchev–Trinajstić information content (AvgIpc) is 3.97. The minimum absolute atomic E-state index is 0. The van der Waals surface area contributed by atoms with Gasteiger partial charge in [0.25, 0.3) is 0 Å². The number of amidine groups is 4. The van der Waals surface area contributed by atoms with Gasteiger partial charge in [0, 0.05) is 57.1 Å². The molecule has 1 aliphatic carbocycles. The Labute approximate surface area is 409 Å². The normalized spacial score (nSPS) is 17.7. The van der Waals surface area contributed by atoms with Gasteiger partial charge in [0.15, 0.2) is 5.84 Å². The minimum Gasteiger partial charge on any atom is -0.441 e. The number of hydroxylamine groups is 2. The molecule has 14 nitrogen and oxygen atoms in total. The molecule has 0 amide bonds. The van der Waals surface area contributed by atoms with E-state index < -0.39 is 16.7 Å². The van der Waals surface area contributed by atoms with Crippen LogP contribution in [0.15, 0.2) is 129 Å². The van der Waals surface area contributed by atoms with E-state index in [0.29, 0.717) is 70.4 Å². The van der Waals surface area contributed by atoms with Gasteiger partial charge in [0.05, 0.1) is 42.3 Å². The third kappa shape index (κ3) is 11.8. The van der Waals surface area contributed by atoms with Crippen molar-refractivity contribution in [1.29, 1.82) is 0 Å². The first-order chi connectivity index (χ1) is 31.6. The van der Waals surface area contributed by atoms with Gasteiger partial charge < -0.3 is 25.3 Å². The van der Waals surface area contributed by atoms with E-state index in [9.17, 15) is 8.42 Å². The molecule has 2 unspecified atom stereocenters. The second kappa shape index (κ2) is 21.4. The van der Waals surface area contributed by atoms with Gasteiger partial charge in [0.2, 0.25) is 0 Å². The van der Waals surface area contributed by atoms with E-state index >= 15 is 0 Å². The molecule has 0 N–H and O–H groups in total. The monoisotopic (exact) mass is 987 g/mol. The molecule has 1 radical (unpaired) electrons. The summed E-state index contributed by atoms with van der Waals surface area (Å²) in [6.07, 6.45) is 7.13. The zero-order valence-corrected chi connectivity index (χ0v) is 42.0. The average molecular weight is 989 g/mol. The largest absolute Gasteiger partial charge is 2.00 e. The molecule has 3 aromatic carbocycles. The predicted octanol–water partition coefficient (Wildman–Crippen LogP) is 9.35. The smallest absolute Gasteiger partial charge is 0.441 e. The van der Waals surface area contributed by atoms with Crippen LogP contribution < -0.4 is 16.0 Å². The molecule has 17 heteroatoms. The second-order valence-electron chi connectivity index (χ2n) is 18.9. The molecule has 1 aromatic heterocycles. The molecule has 5 aliphatic rings.